The predicted molar refractivity (Wildman–Crippen MR) is 91.3 cm³/mol. The normalized spacial score (nSPS) is 15.7. The molecular formula is C17H15Cl2NO4. The first-order valence-corrected chi connectivity index (χ1v) is 8.11. The van der Waals surface area contributed by atoms with Crippen LogP contribution < -0.4 is 19.5 Å². The number of para-hydroxylation sites is 3. The highest BCUT2D eigenvalue weighted by Gasteiger charge is 2.21. The number of ether oxygens (including phenoxy) is 3. The van der Waals surface area contributed by atoms with Crippen LogP contribution in [0.5, 0.6) is 17.2 Å². The van der Waals surface area contributed by atoms with Crippen molar-refractivity contribution in [2.75, 3.05) is 19.8 Å². The standard InChI is InChI=1S/C17H15Cl2NO4/c18-12-4-3-5-13(19)17(12)23-10-16(21)20-8-11-9-22-14-6-1-2-7-15(14)24-11/h1-7,11H,8-10H2,(H,20,21). The van der Waals surface area contributed by atoms with Crippen molar-refractivity contribution >= 4 is 29.1 Å². The van der Waals surface area contributed by atoms with Gasteiger partial charge in [0.15, 0.2) is 23.9 Å². The average Bonchev–Trinajstić information content (AvgIpc) is 2.59. The van der Waals surface area contributed by atoms with Crippen molar-refractivity contribution in [1.82, 2.24) is 5.32 Å². The molecule has 126 valence electrons. The molecule has 1 heterocycles. The molecule has 0 saturated heterocycles. The number of amides is 1. The average molecular weight is 368 g/mol. The maximum atomic E-state index is 11.9. The molecule has 1 atom stereocenters. The first-order chi connectivity index (χ1) is 11.6. The van der Waals surface area contributed by atoms with Gasteiger partial charge in [0.25, 0.3) is 5.91 Å². The molecule has 0 aliphatic carbocycles. The van der Waals surface area contributed by atoms with Crippen LogP contribution >= 0.6 is 23.2 Å². The van der Waals surface area contributed by atoms with Crippen molar-refractivity contribution in [3.05, 3.63) is 52.5 Å². The number of carbonyl (C=O) groups is 1. The van der Waals surface area contributed by atoms with Crippen LogP contribution in [0.25, 0.3) is 0 Å². The van der Waals surface area contributed by atoms with Crippen molar-refractivity contribution in [3.8, 4) is 17.2 Å². The number of nitrogens with one attached hydrogen (secondary N) is 1. The number of fused-ring (bicyclic) bond motifs is 1. The number of halogens is 2. The lowest BCUT2D eigenvalue weighted by Gasteiger charge is -2.26. The Morgan fingerprint density at radius 3 is 2.58 bits per heavy atom. The summed E-state index contributed by atoms with van der Waals surface area (Å²) in [5, 5.41) is 3.45. The molecule has 0 aromatic heterocycles. The summed E-state index contributed by atoms with van der Waals surface area (Å²) in [6.07, 6.45) is -0.257. The third kappa shape index (κ3) is 4.04. The molecular weight excluding hydrogens is 353 g/mol. The molecule has 2 aromatic rings. The van der Waals surface area contributed by atoms with E-state index >= 15 is 0 Å². The van der Waals surface area contributed by atoms with Gasteiger partial charge in [-0.15, -0.1) is 0 Å². The van der Waals surface area contributed by atoms with E-state index < -0.39 is 0 Å². The number of hydrogen-bond acceptors (Lipinski definition) is 4. The number of carbonyl (C=O) groups excluding carboxylic acids is 1. The Balaban J connectivity index is 1.47. The van der Waals surface area contributed by atoms with Crippen LogP contribution in [0, 0.1) is 0 Å². The molecule has 0 radical (unpaired) electrons. The minimum atomic E-state index is -0.298. The molecule has 1 amide bonds. The molecule has 24 heavy (non-hydrogen) atoms. The Morgan fingerprint density at radius 1 is 1.12 bits per heavy atom. The molecule has 7 heteroatoms. The van der Waals surface area contributed by atoms with E-state index in [-0.39, 0.29) is 18.6 Å². The first kappa shape index (κ1) is 16.7. The van der Waals surface area contributed by atoms with Crippen LogP contribution in [0.15, 0.2) is 42.5 Å². The highest BCUT2D eigenvalue weighted by Crippen LogP contribution is 2.32. The van der Waals surface area contributed by atoms with Crippen molar-refractivity contribution < 1.29 is 19.0 Å². The maximum absolute atomic E-state index is 11.9. The third-order valence-corrected chi connectivity index (χ3v) is 3.96. The molecule has 1 aliphatic heterocycles. The van der Waals surface area contributed by atoms with Crippen molar-refractivity contribution in [3.63, 3.8) is 0 Å². The van der Waals surface area contributed by atoms with E-state index in [0.717, 1.165) is 0 Å². The maximum Gasteiger partial charge on any atom is 0.258 e. The van der Waals surface area contributed by atoms with Gasteiger partial charge in [0.05, 0.1) is 16.6 Å². The summed E-state index contributed by atoms with van der Waals surface area (Å²) < 4.78 is 16.7. The van der Waals surface area contributed by atoms with Crippen LogP contribution in [0.1, 0.15) is 0 Å². The fourth-order valence-electron chi connectivity index (χ4n) is 2.20. The molecule has 0 saturated carbocycles. The summed E-state index contributed by atoms with van der Waals surface area (Å²) in [6.45, 7) is 0.495. The van der Waals surface area contributed by atoms with Crippen molar-refractivity contribution in [2.45, 2.75) is 6.10 Å². The van der Waals surface area contributed by atoms with E-state index in [4.69, 9.17) is 37.4 Å². The Labute approximate surface area is 149 Å². The Bertz CT molecular complexity index is 718. The summed E-state index contributed by atoms with van der Waals surface area (Å²) >= 11 is 12.0. The Hall–Kier alpha value is -2.11. The Kier molecular flexibility index (Phi) is 5.33. The lowest BCUT2D eigenvalue weighted by molar-refractivity contribution is -0.123. The summed E-state index contributed by atoms with van der Waals surface area (Å²) in [5.74, 6) is 1.37. The molecule has 0 fully saturated rings. The van der Waals surface area contributed by atoms with E-state index in [1.165, 1.54) is 0 Å². The molecule has 0 bridgehead atoms. The van der Waals surface area contributed by atoms with E-state index in [1.807, 2.05) is 24.3 Å². The second kappa shape index (κ2) is 7.64. The predicted octanol–water partition coefficient (Wildman–Crippen LogP) is 3.33. The number of rotatable bonds is 5. The van der Waals surface area contributed by atoms with Crippen molar-refractivity contribution in [2.24, 2.45) is 0 Å². The SMILES string of the molecule is O=C(COc1c(Cl)cccc1Cl)NCC1COc2ccccc2O1. The summed E-state index contributed by atoms with van der Waals surface area (Å²) in [7, 11) is 0. The zero-order valence-electron chi connectivity index (χ0n) is 12.6. The minimum absolute atomic E-state index is 0.187. The minimum Gasteiger partial charge on any atom is -0.486 e. The second-order valence-corrected chi connectivity index (χ2v) is 5.96. The fourth-order valence-corrected chi connectivity index (χ4v) is 2.71. The quantitative estimate of drug-likeness (QED) is 0.880. The van der Waals surface area contributed by atoms with Gasteiger partial charge < -0.3 is 19.5 Å². The van der Waals surface area contributed by atoms with Crippen LogP contribution in [-0.2, 0) is 4.79 Å². The number of hydrogen-bond donors (Lipinski definition) is 1. The number of benzene rings is 2. The first-order valence-electron chi connectivity index (χ1n) is 7.35. The van der Waals surface area contributed by atoms with Crippen LogP contribution in [0.3, 0.4) is 0 Å². The van der Waals surface area contributed by atoms with Crippen LogP contribution in [0.4, 0.5) is 0 Å². The van der Waals surface area contributed by atoms with Gasteiger partial charge in [-0.25, -0.2) is 0 Å². The van der Waals surface area contributed by atoms with Gasteiger partial charge in [0.1, 0.15) is 12.7 Å². The monoisotopic (exact) mass is 367 g/mol. The molecule has 0 spiro atoms. The van der Waals surface area contributed by atoms with Gasteiger partial charge in [-0.1, -0.05) is 41.4 Å². The van der Waals surface area contributed by atoms with Gasteiger partial charge in [0.2, 0.25) is 0 Å². The smallest absolute Gasteiger partial charge is 0.258 e. The van der Waals surface area contributed by atoms with Gasteiger partial charge >= 0.3 is 0 Å². The highest BCUT2D eigenvalue weighted by molar-refractivity contribution is 6.37. The van der Waals surface area contributed by atoms with E-state index in [1.54, 1.807) is 18.2 Å². The van der Waals surface area contributed by atoms with E-state index in [9.17, 15) is 4.79 Å². The molecule has 1 aliphatic rings. The zero-order valence-corrected chi connectivity index (χ0v) is 14.1. The fraction of sp³-hybridized carbons (Fsp3) is 0.235. The molecule has 1 N–H and O–H groups in total. The van der Waals surface area contributed by atoms with E-state index in [0.29, 0.717) is 40.4 Å². The second-order valence-electron chi connectivity index (χ2n) is 5.14. The van der Waals surface area contributed by atoms with Crippen molar-refractivity contribution in [1.29, 1.82) is 0 Å². The van der Waals surface area contributed by atoms with Gasteiger partial charge in [0, 0.05) is 0 Å². The largest absolute Gasteiger partial charge is 0.486 e. The zero-order chi connectivity index (χ0) is 16.9. The van der Waals surface area contributed by atoms with Gasteiger partial charge in [-0.05, 0) is 24.3 Å². The van der Waals surface area contributed by atoms with E-state index in [2.05, 4.69) is 5.32 Å². The summed E-state index contributed by atoms with van der Waals surface area (Å²) in [6, 6.07) is 12.4. The summed E-state index contributed by atoms with van der Waals surface area (Å²) in [4.78, 5) is 11.9. The Morgan fingerprint density at radius 2 is 1.83 bits per heavy atom. The highest BCUT2D eigenvalue weighted by atomic mass is 35.5. The van der Waals surface area contributed by atoms with Crippen LogP contribution in [-0.4, -0.2) is 31.8 Å². The summed E-state index contributed by atoms with van der Waals surface area (Å²) in [5.41, 5.74) is 0. The molecule has 1 unspecified atom stereocenters. The third-order valence-electron chi connectivity index (χ3n) is 3.36. The van der Waals surface area contributed by atoms with Gasteiger partial charge in [-0.3, -0.25) is 4.79 Å². The van der Waals surface area contributed by atoms with Gasteiger partial charge in [-0.2, -0.15) is 0 Å². The topological polar surface area (TPSA) is 56.8 Å². The lowest BCUT2D eigenvalue weighted by atomic mass is 10.2. The molecule has 5 nitrogen and oxygen atoms in total. The molecule has 3 rings (SSSR count). The molecule has 2 aromatic carbocycles. The lowest BCUT2D eigenvalue weighted by Crippen LogP contribution is -2.42. The van der Waals surface area contributed by atoms with Crippen LogP contribution in [0.2, 0.25) is 10.0 Å².